The molecule has 2 atom stereocenters. The third kappa shape index (κ3) is 4.67. The number of rotatable bonds is 6. The lowest BCUT2D eigenvalue weighted by molar-refractivity contribution is -0.125. The summed E-state index contributed by atoms with van der Waals surface area (Å²) in [5.74, 6) is 0.299. The zero-order valence-corrected chi connectivity index (χ0v) is 12.4. The molecule has 1 amide bonds. The number of carbonyl (C=O) groups is 1. The summed E-state index contributed by atoms with van der Waals surface area (Å²) in [6, 6.07) is 9.23. The summed E-state index contributed by atoms with van der Waals surface area (Å²) < 4.78 is 0. The van der Waals surface area contributed by atoms with E-state index in [1.54, 1.807) is 12.1 Å². The van der Waals surface area contributed by atoms with E-state index in [-0.39, 0.29) is 17.9 Å². The molecule has 3 N–H and O–H groups in total. The number of hydrogen-bond donors (Lipinski definition) is 2. The van der Waals surface area contributed by atoms with Crippen molar-refractivity contribution < 1.29 is 4.79 Å². The van der Waals surface area contributed by atoms with E-state index in [9.17, 15) is 4.79 Å². The number of nitriles is 1. The van der Waals surface area contributed by atoms with Gasteiger partial charge in [0.25, 0.3) is 0 Å². The average molecular weight is 273 g/mol. The van der Waals surface area contributed by atoms with Crippen molar-refractivity contribution in [2.24, 2.45) is 17.6 Å². The van der Waals surface area contributed by atoms with Crippen molar-refractivity contribution in [3.05, 3.63) is 35.4 Å². The molecule has 20 heavy (non-hydrogen) atoms. The molecule has 0 aliphatic heterocycles. The van der Waals surface area contributed by atoms with Gasteiger partial charge in [0, 0.05) is 6.54 Å². The van der Waals surface area contributed by atoms with Crippen LogP contribution in [0.25, 0.3) is 0 Å². The van der Waals surface area contributed by atoms with Crippen LogP contribution >= 0.6 is 0 Å². The van der Waals surface area contributed by atoms with Crippen molar-refractivity contribution in [2.45, 2.75) is 33.2 Å². The van der Waals surface area contributed by atoms with Gasteiger partial charge in [0.2, 0.25) is 5.91 Å². The summed E-state index contributed by atoms with van der Waals surface area (Å²) in [4.78, 5) is 12.2. The van der Waals surface area contributed by atoms with Crippen LogP contribution in [0.2, 0.25) is 0 Å². The van der Waals surface area contributed by atoms with E-state index < -0.39 is 0 Å². The van der Waals surface area contributed by atoms with E-state index in [0.29, 0.717) is 18.0 Å². The van der Waals surface area contributed by atoms with Crippen molar-refractivity contribution in [2.75, 3.05) is 6.54 Å². The molecule has 1 rings (SSSR count). The number of nitrogens with two attached hydrogens (primary N) is 1. The minimum Gasteiger partial charge on any atom is -0.349 e. The molecule has 108 valence electrons. The fourth-order valence-corrected chi connectivity index (χ4v) is 2.14. The number of amides is 1. The molecule has 0 saturated carbocycles. The molecule has 4 nitrogen and oxygen atoms in total. The molecule has 0 radical (unpaired) electrons. The first-order chi connectivity index (χ1) is 9.47. The summed E-state index contributed by atoms with van der Waals surface area (Å²) in [5.41, 5.74) is 7.28. The Kier molecular flexibility index (Phi) is 6.20. The molecule has 1 aromatic rings. The van der Waals surface area contributed by atoms with Crippen LogP contribution in [0.3, 0.4) is 0 Å². The van der Waals surface area contributed by atoms with Crippen LogP contribution in [-0.4, -0.2) is 12.5 Å². The zero-order chi connectivity index (χ0) is 15.1. The Bertz CT molecular complexity index is 473. The molecule has 0 saturated heterocycles. The summed E-state index contributed by atoms with van der Waals surface area (Å²) in [6.45, 7) is 6.46. The highest BCUT2D eigenvalue weighted by atomic mass is 16.1. The maximum atomic E-state index is 12.2. The van der Waals surface area contributed by atoms with Gasteiger partial charge in [-0.1, -0.05) is 26.0 Å². The first-order valence-electron chi connectivity index (χ1n) is 6.98. The molecule has 4 heteroatoms. The Balaban J connectivity index is 2.66. The molecule has 1 aromatic carbocycles. The van der Waals surface area contributed by atoms with Gasteiger partial charge in [0.15, 0.2) is 0 Å². The molecule has 2 unspecified atom stereocenters. The molecule has 0 spiro atoms. The van der Waals surface area contributed by atoms with Gasteiger partial charge in [-0.25, -0.2) is 0 Å². The van der Waals surface area contributed by atoms with Gasteiger partial charge in [-0.05, 0) is 37.0 Å². The largest absolute Gasteiger partial charge is 0.349 e. The van der Waals surface area contributed by atoms with E-state index in [1.807, 2.05) is 19.1 Å². The molecular weight excluding hydrogens is 250 g/mol. The standard InChI is InChI=1S/C16H23N3O/c1-11(2)8-15(10-18)16(20)19-12(3)14-6-4-13(9-17)5-7-14/h4-7,11-12,15H,8,10,18H2,1-3H3,(H,19,20). The van der Waals surface area contributed by atoms with Crippen molar-refractivity contribution in [1.82, 2.24) is 5.32 Å². The van der Waals surface area contributed by atoms with Gasteiger partial charge >= 0.3 is 0 Å². The van der Waals surface area contributed by atoms with Crippen LogP contribution in [0.15, 0.2) is 24.3 Å². The average Bonchev–Trinajstić information content (AvgIpc) is 2.44. The van der Waals surface area contributed by atoms with Crippen molar-refractivity contribution in [3.8, 4) is 6.07 Å². The van der Waals surface area contributed by atoms with E-state index in [0.717, 1.165) is 12.0 Å². The highest BCUT2D eigenvalue weighted by Gasteiger charge is 2.20. The molecule has 0 aliphatic carbocycles. The monoisotopic (exact) mass is 273 g/mol. The van der Waals surface area contributed by atoms with Crippen molar-refractivity contribution in [1.29, 1.82) is 5.26 Å². The molecule has 0 bridgehead atoms. The number of carbonyl (C=O) groups excluding carboxylic acids is 1. The maximum absolute atomic E-state index is 12.2. The fraction of sp³-hybridized carbons (Fsp3) is 0.500. The SMILES string of the molecule is CC(C)CC(CN)C(=O)NC(C)c1ccc(C#N)cc1. The minimum atomic E-state index is -0.143. The van der Waals surface area contributed by atoms with Gasteiger partial charge in [0.05, 0.1) is 23.6 Å². The normalized spacial score (nSPS) is 13.6. The van der Waals surface area contributed by atoms with Crippen LogP contribution in [0.4, 0.5) is 0 Å². The van der Waals surface area contributed by atoms with Gasteiger partial charge in [-0.15, -0.1) is 0 Å². The van der Waals surface area contributed by atoms with Crippen LogP contribution in [0.5, 0.6) is 0 Å². The Labute approximate surface area is 121 Å². The maximum Gasteiger partial charge on any atom is 0.224 e. The van der Waals surface area contributed by atoms with Crippen molar-refractivity contribution in [3.63, 3.8) is 0 Å². The second-order valence-corrected chi connectivity index (χ2v) is 5.53. The predicted molar refractivity (Wildman–Crippen MR) is 79.7 cm³/mol. The van der Waals surface area contributed by atoms with Crippen LogP contribution in [0.1, 0.15) is 44.4 Å². The van der Waals surface area contributed by atoms with Gasteiger partial charge in [-0.3, -0.25) is 4.79 Å². The topological polar surface area (TPSA) is 78.9 Å². The third-order valence-corrected chi connectivity index (χ3v) is 3.31. The smallest absolute Gasteiger partial charge is 0.224 e. The zero-order valence-electron chi connectivity index (χ0n) is 12.4. The summed E-state index contributed by atoms with van der Waals surface area (Å²) in [6.07, 6.45) is 0.794. The lowest BCUT2D eigenvalue weighted by Gasteiger charge is -2.20. The summed E-state index contributed by atoms with van der Waals surface area (Å²) in [5, 5.41) is 11.8. The highest BCUT2D eigenvalue weighted by Crippen LogP contribution is 2.16. The van der Waals surface area contributed by atoms with Crippen LogP contribution in [0, 0.1) is 23.2 Å². The lowest BCUT2D eigenvalue weighted by Crippen LogP contribution is -2.37. The second-order valence-electron chi connectivity index (χ2n) is 5.53. The Morgan fingerprint density at radius 1 is 1.30 bits per heavy atom. The lowest BCUT2D eigenvalue weighted by atomic mass is 9.95. The molecule has 0 aliphatic rings. The van der Waals surface area contributed by atoms with Gasteiger partial charge in [0.1, 0.15) is 0 Å². The number of nitrogens with zero attached hydrogens (tertiary/aromatic N) is 1. The van der Waals surface area contributed by atoms with E-state index in [2.05, 4.69) is 25.2 Å². The quantitative estimate of drug-likeness (QED) is 0.835. The Morgan fingerprint density at radius 2 is 1.90 bits per heavy atom. The predicted octanol–water partition coefficient (Wildman–Crippen LogP) is 2.36. The first kappa shape index (κ1) is 16.2. The van der Waals surface area contributed by atoms with Crippen molar-refractivity contribution >= 4 is 5.91 Å². The highest BCUT2D eigenvalue weighted by molar-refractivity contribution is 5.79. The second kappa shape index (κ2) is 7.66. The minimum absolute atomic E-state index is 0.00180. The summed E-state index contributed by atoms with van der Waals surface area (Å²) in [7, 11) is 0. The molecule has 0 fully saturated rings. The van der Waals surface area contributed by atoms with Gasteiger partial charge in [-0.2, -0.15) is 5.26 Å². The van der Waals surface area contributed by atoms with E-state index in [4.69, 9.17) is 11.0 Å². The fourth-order valence-electron chi connectivity index (χ4n) is 2.14. The van der Waals surface area contributed by atoms with Crippen LogP contribution < -0.4 is 11.1 Å². The van der Waals surface area contributed by atoms with E-state index >= 15 is 0 Å². The van der Waals surface area contributed by atoms with E-state index in [1.165, 1.54) is 0 Å². The number of nitrogens with one attached hydrogen (secondary N) is 1. The Morgan fingerprint density at radius 3 is 2.35 bits per heavy atom. The summed E-state index contributed by atoms with van der Waals surface area (Å²) >= 11 is 0. The van der Waals surface area contributed by atoms with Crippen LogP contribution in [-0.2, 0) is 4.79 Å². The number of hydrogen-bond acceptors (Lipinski definition) is 3. The van der Waals surface area contributed by atoms with Gasteiger partial charge < -0.3 is 11.1 Å². The third-order valence-electron chi connectivity index (χ3n) is 3.31. The molecule has 0 aromatic heterocycles. The molecule has 0 heterocycles. The Hall–Kier alpha value is -1.86. The number of benzene rings is 1. The first-order valence-corrected chi connectivity index (χ1v) is 6.98. The molecular formula is C16H23N3O.